The van der Waals surface area contributed by atoms with Gasteiger partial charge < -0.3 is 15.1 Å². The zero-order valence-corrected chi connectivity index (χ0v) is 12.9. The number of nitrogens with one attached hydrogen (secondary N) is 1. The number of rotatable bonds is 2. The maximum atomic E-state index is 13.1. The van der Waals surface area contributed by atoms with Gasteiger partial charge in [0.2, 0.25) is 0 Å². The third kappa shape index (κ3) is 2.80. The lowest BCUT2D eigenvalue weighted by molar-refractivity contribution is -0.160. The van der Waals surface area contributed by atoms with Crippen LogP contribution >= 0.6 is 15.9 Å². The van der Waals surface area contributed by atoms with Crippen LogP contribution in [0, 0.1) is 5.82 Å². The molecule has 0 aliphatic carbocycles. The molecular formula is C14H15BrFN3O2. The quantitative estimate of drug-likeness (QED) is 0.795. The van der Waals surface area contributed by atoms with Gasteiger partial charge in [0.25, 0.3) is 0 Å². The Labute approximate surface area is 130 Å². The van der Waals surface area contributed by atoms with Crippen LogP contribution < -0.4 is 5.32 Å². The molecule has 5 nitrogen and oxygen atoms in total. The van der Waals surface area contributed by atoms with E-state index in [-0.39, 0.29) is 11.9 Å². The number of nitrogens with zero attached hydrogens (tertiary/aromatic N) is 2. The predicted molar refractivity (Wildman–Crippen MR) is 77.9 cm³/mol. The highest BCUT2D eigenvalue weighted by Crippen LogP contribution is 2.22. The zero-order valence-electron chi connectivity index (χ0n) is 11.3. The van der Waals surface area contributed by atoms with E-state index in [1.807, 2.05) is 0 Å². The molecular weight excluding hydrogens is 341 g/mol. The summed E-state index contributed by atoms with van der Waals surface area (Å²) < 4.78 is 13.7. The predicted octanol–water partition coefficient (Wildman–Crippen LogP) is 0.731. The van der Waals surface area contributed by atoms with Gasteiger partial charge in [0, 0.05) is 37.2 Å². The molecule has 3 rings (SSSR count). The second-order valence-corrected chi connectivity index (χ2v) is 6.13. The van der Waals surface area contributed by atoms with Gasteiger partial charge in [0.05, 0.1) is 6.04 Å². The van der Waals surface area contributed by atoms with Crippen molar-refractivity contribution in [2.75, 3.05) is 26.2 Å². The van der Waals surface area contributed by atoms with Gasteiger partial charge >= 0.3 is 11.8 Å². The van der Waals surface area contributed by atoms with Gasteiger partial charge in [-0.25, -0.2) is 4.39 Å². The number of piperazine rings is 2. The maximum Gasteiger partial charge on any atom is 0.312 e. The summed E-state index contributed by atoms with van der Waals surface area (Å²) in [6, 6.07) is 4.36. The molecule has 0 radical (unpaired) electrons. The van der Waals surface area contributed by atoms with Crippen molar-refractivity contribution in [1.82, 2.24) is 15.1 Å². The largest absolute Gasteiger partial charge is 0.328 e. The highest BCUT2D eigenvalue weighted by atomic mass is 79.9. The van der Waals surface area contributed by atoms with E-state index in [4.69, 9.17) is 0 Å². The number of carbonyl (C=O) groups is 2. The molecule has 0 saturated carbocycles. The Bertz CT molecular complexity index is 596. The van der Waals surface area contributed by atoms with Crippen molar-refractivity contribution in [3.8, 4) is 0 Å². The van der Waals surface area contributed by atoms with Crippen LogP contribution in [0.5, 0.6) is 0 Å². The molecule has 1 N–H and O–H groups in total. The molecule has 7 heteroatoms. The van der Waals surface area contributed by atoms with Gasteiger partial charge in [-0.1, -0.05) is 22.0 Å². The fraction of sp³-hybridized carbons (Fsp3) is 0.429. The Morgan fingerprint density at radius 2 is 2.14 bits per heavy atom. The summed E-state index contributed by atoms with van der Waals surface area (Å²) in [6.45, 7) is 2.79. The lowest BCUT2D eigenvalue weighted by Gasteiger charge is -2.43. The normalized spacial score (nSPS) is 22.5. The third-order valence-electron chi connectivity index (χ3n) is 3.89. The van der Waals surface area contributed by atoms with Crippen molar-refractivity contribution in [2.45, 2.75) is 12.6 Å². The number of hydrogen-bond donors (Lipinski definition) is 1. The molecule has 2 amide bonds. The Hall–Kier alpha value is -1.47. The molecule has 0 aromatic heterocycles. The lowest BCUT2D eigenvalue weighted by Crippen LogP contribution is -2.65. The Morgan fingerprint density at radius 1 is 1.33 bits per heavy atom. The number of carbonyl (C=O) groups excluding carboxylic acids is 2. The van der Waals surface area contributed by atoms with E-state index in [0.717, 1.165) is 12.1 Å². The first-order valence-corrected chi connectivity index (χ1v) is 7.60. The molecule has 2 aliphatic heterocycles. The van der Waals surface area contributed by atoms with Crippen LogP contribution in [0.25, 0.3) is 0 Å². The molecule has 0 bridgehead atoms. The van der Waals surface area contributed by atoms with Crippen molar-refractivity contribution in [2.24, 2.45) is 0 Å². The van der Waals surface area contributed by atoms with Gasteiger partial charge in [-0.2, -0.15) is 0 Å². The molecule has 1 aromatic carbocycles. The number of benzene rings is 1. The fourth-order valence-corrected chi connectivity index (χ4v) is 3.25. The van der Waals surface area contributed by atoms with Gasteiger partial charge in [0.1, 0.15) is 5.82 Å². The molecule has 2 aliphatic rings. The fourth-order valence-electron chi connectivity index (χ4n) is 2.78. The van der Waals surface area contributed by atoms with Crippen LogP contribution in [-0.4, -0.2) is 53.8 Å². The molecule has 1 atom stereocenters. The van der Waals surface area contributed by atoms with Gasteiger partial charge in [0.15, 0.2) is 0 Å². The zero-order chi connectivity index (χ0) is 15.0. The van der Waals surface area contributed by atoms with Crippen molar-refractivity contribution < 1.29 is 14.0 Å². The average molecular weight is 356 g/mol. The summed E-state index contributed by atoms with van der Waals surface area (Å²) in [5, 5.41) is 3.23. The van der Waals surface area contributed by atoms with Crippen LogP contribution in [0.4, 0.5) is 4.39 Å². The smallest absolute Gasteiger partial charge is 0.312 e. The number of halogens is 2. The minimum Gasteiger partial charge on any atom is -0.328 e. The summed E-state index contributed by atoms with van der Waals surface area (Å²) in [7, 11) is 0. The van der Waals surface area contributed by atoms with Gasteiger partial charge in [-0.15, -0.1) is 0 Å². The second-order valence-electron chi connectivity index (χ2n) is 5.28. The van der Waals surface area contributed by atoms with E-state index in [1.165, 1.54) is 17.0 Å². The molecule has 0 spiro atoms. The summed E-state index contributed by atoms with van der Waals surface area (Å²) in [4.78, 5) is 27.5. The van der Waals surface area contributed by atoms with Crippen LogP contribution in [0.3, 0.4) is 0 Å². The summed E-state index contributed by atoms with van der Waals surface area (Å²) in [6.07, 6.45) is 0. The first-order valence-electron chi connectivity index (χ1n) is 6.81. The molecule has 2 fully saturated rings. The van der Waals surface area contributed by atoms with Crippen LogP contribution in [0.2, 0.25) is 0 Å². The molecule has 1 aromatic rings. The van der Waals surface area contributed by atoms with Gasteiger partial charge in [-0.05, 0) is 17.7 Å². The Morgan fingerprint density at radius 3 is 2.90 bits per heavy atom. The Balaban J connectivity index is 1.78. The summed E-state index contributed by atoms with van der Waals surface area (Å²) in [5.41, 5.74) is 0.787. The van der Waals surface area contributed by atoms with Gasteiger partial charge in [-0.3, -0.25) is 9.59 Å². The number of fused-ring (bicyclic) bond motifs is 1. The minimum absolute atomic E-state index is 0.0168. The van der Waals surface area contributed by atoms with E-state index < -0.39 is 11.8 Å². The molecule has 21 heavy (non-hydrogen) atoms. The number of hydrogen-bond acceptors (Lipinski definition) is 3. The maximum absolute atomic E-state index is 13.1. The van der Waals surface area contributed by atoms with Crippen LogP contribution in [0.1, 0.15) is 5.56 Å². The second kappa shape index (κ2) is 5.73. The number of amides is 2. The van der Waals surface area contributed by atoms with Crippen molar-refractivity contribution in [3.63, 3.8) is 0 Å². The molecule has 112 valence electrons. The molecule has 2 heterocycles. The standard InChI is InChI=1S/C14H15BrFN3O2/c15-12-5-10(16)2-1-9(12)7-18-8-11-6-17-3-4-19(11)14(21)13(18)20/h1-2,5,11,17H,3-4,6-8H2. The van der Waals surface area contributed by atoms with E-state index in [9.17, 15) is 14.0 Å². The van der Waals surface area contributed by atoms with Crippen molar-refractivity contribution in [1.29, 1.82) is 0 Å². The monoisotopic (exact) mass is 355 g/mol. The van der Waals surface area contributed by atoms with Crippen LogP contribution in [-0.2, 0) is 16.1 Å². The van der Waals surface area contributed by atoms with E-state index >= 15 is 0 Å². The molecule has 2 saturated heterocycles. The lowest BCUT2D eigenvalue weighted by atomic mass is 10.1. The van der Waals surface area contributed by atoms with Crippen LogP contribution in [0.15, 0.2) is 22.7 Å². The van der Waals surface area contributed by atoms with Crippen molar-refractivity contribution >= 4 is 27.7 Å². The highest BCUT2D eigenvalue weighted by molar-refractivity contribution is 9.10. The summed E-state index contributed by atoms with van der Waals surface area (Å²) >= 11 is 3.29. The van der Waals surface area contributed by atoms with E-state index in [1.54, 1.807) is 11.0 Å². The van der Waals surface area contributed by atoms with E-state index in [2.05, 4.69) is 21.2 Å². The SMILES string of the molecule is O=C1C(=O)N2CCNCC2CN1Cc1ccc(F)cc1Br. The molecule has 1 unspecified atom stereocenters. The highest BCUT2D eigenvalue weighted by Gasteiger charge is 2.39. The topological polar surface area (TPSA) is 52.7 Å². The first-order chi connectivity index (χ1) is 10.1. The first kappa shape index (κ1) is 14.5. The van der Waals surface area contributed by atoms with E-state index in [0.29, 0.717) is 30.7 Å². The average Bonchev–Trinajstić information content (AvgIpc) is 2.47. The minimum atomic E-state index is -0.482. The van der Waals surface area contributed by atoms with Crippen molar-refractivity contribution in [3.05, 3.63) is 34.1 Å². The summed E-state index contributed by atoms with van der Waals surface area (Å²) in [5.74, 6) is -1.26. The third-order valence-corrected chi connectivity index (χ3v) is 4.63. The Kier molecular flexibility index (Phi) is 3.95.